The molecule has 0 aliphatic rings. The molecule has 2 N–H and O–H groups in total. The minimum atomic E-state index is 0.148. The Balaban J connectivity index is 1.86. The Hall–Kier alpha value is -2.34. The first-order valence-corrected chi connectivity index (χ1v) is 8.49. The summed E-state index contributed by atoms with van der Waals surface area (Å²) in [4.78, 5) is 11.0. The zero-order valence-electron chi connectivity index (χ0n) is 15.8. The molecule has 1 aromatic carbocycles. The van der Waals surface area contributed by atoms with Crippen LogP contribution in [0.2, 0.25) is 0 Å². The number of nitrogens with zero attached hydrogens (tertiary/aromatic N) is 3. The zero-order chi connectivity index (χ0) is 18.3. The summed E-state index contributed by atoms with van der Waals surface area (Å²) in [6, 6.07) is 9.88. The first-order valence-electron chi connectivity index (χ1n) is 8.49. The predicted octanol–water partition coefficient (Wildman–Crippen LogP) is 2.59. The van der Waals surface area contributed by atoms with Crippen LogP contribution < -0.4 is 10.6 Å². The maximum atomic E-state index is 5.56. The molecule has 2 aromatic rings. The predicted molar refractivity (Wildman–Crippen MR) is 102 cm³/mol. The molecule has 0 saturated carbocycles. The molecule has 1 aromatic heterocycles. The molecule has 0 bridgehead atoms. The molecule has 0 aliphatic carbocycles. The minimum absolute atomic E-state index is 0.148. The Morgan fingerprint density at radius 1 is 1.20 bits per heavy atom. The summed E-state index contributed by atoms with van der Waals surface area (Å²) in [7, 11) is 5.94. The quantitative estimate of drug-likeness (QED) is 0.597. The SMILES string of the molecule is CN=C(NCc1coc(-c2ccccc2)n1)NCC(C)(C)CN(C)C. The Bertz CT molecular complexity index is 676. The highest BCUT2D eigenvalue weighted by Crippen LogP contribution is 2.17. The van der Waals surface area contributed by atoms with Gasteiger partial charge >= 0.3 is 0 Å². The van der Waals surface area contributed by atoms with Gasteiger partial charge in [0.15, 0.2) is 5.96 Å². The molecule has 0 atom stereocenters. The van der Waals surface area contributed by atoms with E-state index in [-0.39, 0.29) is 5.41 Å². The van der Waals surface area contributed by atoms with Gasteiger partial charge in [0.05, 0.1) is 12.2 Å². The van der Waals surface area contributed by atoms with E-state index < -0.39 is 0 Å². The molecule has 0 amide bonds. The Labute approximate surface area is 150 Å². The van der Waals surface area contributed by atoms with Crippen LogP contribution in [0.3, 0.4) is 0 Å². The summed E-state index contributed by atoms with van der Waals surface area (Å²) in [6.45, 7) is 6.86. The number of aromatic nitrogens is 1. The van der Waals surface area contributed by atoms with Gasteiger partial charge in [-0.1, -0.05) is 32.0 Å². The molecule has 25 heavy (non-hydrogen) atoms. The van der Waals surface area contributed by atoms with Gasteiger partial charge in [-0.05, 0) is 31.6 Å². The van der Waals surface area contributed by atoms with Crippen LogP contribution in [0.5, 0.6) is 0 Å². The van der Waals surface area contributed by atoms with Gasteiger partial charge < -0.3 is 20.0 Å². The third-order valence-electron chi connectivity index (χ3n) is 3.71. The number of hydrogen-bond donors (Lipinski definition) is 2. The van der Waals surface area contributed by atoms with Crippen molar-refractivity contribution < 1.29 is 4.42 Å². The number of rotatable bonds is 7. The lowest BCUT2D eigenvalue weighted by molar-refractivity contribution is 0.241. The van der Waals surface area contributed by atoms with E-state index in [2.05, 4.69) is 53.5 Å². The summed E-state index contributed by atoms with van der Waals surface area (Å²) >= 11 is 0. The van der Waals surface area contributed by atoms with Crippen LogP contribution in [0.1, 0.15) is 19.5 Å². The molecule has 0 spiro atoms. The van der Waals surface area contributed by atoms with E-state index in [1.165, 1.54) is 0 Å². The van der Waals surface area contributed by atoms with Gasteiger partial charge in [-0.25, -0.2) is 4.98 Å². The van der Waals surface area contributed by atoms with Gasteiger partial charge in [0.1, 0.15) is 6.26 Å². The second-order valence-corrected chi connectivity index (χ2v) is 7.19. The van der Waals surface area contributed by atoms with Crippen LogP contribution in [0.4, 0.5) is 0 Å². The minimum Gasteiger partial charge on any atom is -0.444 e. The number of aliphatic imine (C=N–C) groups is 1. The Morgan fingerprint density at radius 3 is 2.56 bits per heavy atom. The highest BCUT2D eigenvalue weighted by molar-refractivity contribution is 5.79. The van der Waals surface area contributed by atoms with Crippen LogP contribution in [-0.4, -0.2) is 50.1 Å². The molecule has 1 heterocycles. The molecule has 6 heteroatoms. The standard InChI is InChI=1S/C19H29N5O/c1-19(2,14-24(4)5)13-22-18(20-3)21-11-16-12-25-17(23-16)15-9-7-6-8-10-15/h6-10,12H,11,13-14H2,1-5H3,(H2,20,21,22). The summed E-state index contributed by atoms with van der Waals surface area (Å²) < 4.78 is 5.56. The van der Waals surface area contributed by atoms with E-state index in [0.29, 0.717) is 12.4 Å². The molecular formula is C19H29N5O. The lowest BCUT2D eigenvalue weighted by Crippen LogP contribution is -2.44. The molecule has 0 saturated heterocycles. The number of benzene rings is 1. The Kier molecular flexibility index (Phi) is 6.58. The van der Waals surface area contributed by atoms with Crippen molar-refractivity contribution in [3.05, 3.63) is 42.3 Å². The fourth-order valence-corrected chi connectivity index (χ4v) is 2.73. The van der Waals surface area contributed by atoms with Crippen molar-refractivity contribution in [1.82, 2.24) is 20.5 Å². The van der Waals surface area contributed by atoms with Crippen LogP contribution in [0.25, 0.3) is 11.5 Å². The lowest BCUT2D eigenvalue weighted by Gasteiger charge is -2.29. The first-order chi connectivity index (χ1) is 11.9. The molecule has 0 aliphatic heterocycles. The lowest BCUT2D eigenvalue weighted by atomic mass is 9.93. The van der Waals surface area contributed by atoms with Crippen molar-refractivity contribution in [2.75, 3.05) is 34.2 Å². The van der Waals surface area contributed by atoms with Gasteiger partial charge in [-0.15, -0.1) is 0 Å². The summed E-state index contributed by atoms with van der Waals surface area (Å²) in [5.41, 5.74) is 1.96. The van der Waals surface area contributed by atoms with Crippen molar-refractivity contribution in [2.45, 2.75) is 20.4 Å². The van der Waals surface area contributed by atoms with Gasteiger partial charge in [-0.3, -0.25) is 4.99 Å². The fourth-order valence-electron chi connectivity index (χ4n) is 2.73. The molecule has 0 radical (unpaired) electrons. The summed E-state index contributed by atoms with van der Waals surface area (Å²) in [5, 5.41) is 6.66. The van der Waals surface area contributed by atoms with E-state index in [0.717, 1.165) is 30.3 Å². The average molecular weight is 343 g/mol. The molecule has 0 fully saturated rings. The van der Waals surface area contributed by atoms with E-state index in [1.54, 1.807) is 13.3 Å². The molecule has 6 nitrogen and oxygen atoms in total. The van der Waals surface area contributed by atoms with Gasteiger partial charge in [0, 0.05) is 25.7 Å². The van der Waals surface area contributed by atoms with Gasteiger partial charge in [0.2, 0.25) is 5.89 Å². The second-order valence-electron chi connectivity index (χ2n) is 7.19. The highest BCUT2D eigenvalue weighted by atomic mass is 16.3. The number of oxazole rings is 1. The normalized spacial score (nSPS) is 12.5. The topological polar surface area (TPSA) is 65.7 Å². The van der Waals surface area contributed by atoms with Crippen LogP contribution in [0, 0.1) is 5.41 Å². The monoisotopic (exact) mass is 343 g/mol. The van der Waals surface area contributed by atoms with E-state index in [1.807, 2.05) is 30.3 Å². The first kappa shape index (κ1) is 19.0. The third-order valence-corrected chi connectivity index (χ3v) is 3.71. The van der Waals surface area contributed by atoms with E-state index in [4.69, 9.17) is 4.42 Å². The van der Waals surface area contributed by atoms with Gasteiger partial charge in [0.25, 0.3) is 0 Å². The van der Waals surface area contributed by atoms with Crippen molar-refractivity contribution in [2.24, 2.45) is 10.4 Å². The van der Waals surface area contributed by atoms with E-state index >= 15 is 0 Å². The Morgan fingerprint density at radius 2 is 1.92 bits per heavy atom. The van der Waals surface area contributed by atoms with Crippen LogP contribution >= 0.6 is 0 Å². The molecule has 0 unspecified atom stereocenters. The number of hydrogen-bond acceptors (Lipinski definition) is 4. The van der Waals surface area contributed by atoms with Crippen molar-refractivity contribution in [3.8, 4) is 11.5 Å². The molecule has 136 valence electrons. The third kappa shape index (κ3) is 6.23. The van der Waals surface area contributed by atoms with Crippen molar-refractivity contribution in [3.63, 3.8) is 0 Å². The number of guanidine groups is 1. The molecular weight excluding hydrogens is 314 g/mol. The largest absolute Gasteiger partial charge is 0.444 e. The number of nitrogens with one attached hydrogen (secondary N) is 2. The molecule has 2 rings (SSSR count). The second kappa shape index (κ2) is 8.67. The fraction of sp³-hybridized carbons (Fsp3) is 0.474. The van der Waals surface area contributed by atoms with Crippen molar-refractivity contribution in [1.29, 1.82) is 0 Å². The van der Waals surface area contributed by atoms with Gasteiger partial charge in [-0.2, -0.15) is 0 Å². The van der Waals surface area contributed by atoms with Crippen LogP contribution in [-0.2, 0) is 6.54 Å². The smallest absolute Gasteiger partial charge is 0.226 e. The maximum Gasteiger partial charge on any atom is 0.226 e. The van der Waals surface area contributed by atoms with E-state index in [9.17, 15) is 0 Å². The zero-order valence-corrected chi connectivity index (χ0v) is 15.8. The maximum absolute atomic E-state index is 5.56. The highest BCUT2D eigenvalue weighted by Gasteiger charge is 2.19. The van der Waals surface area contributed by atoms with Crippen molar-refractivity contribution >= 4 is 5.96 Å². The average Bonchev–Trinajstić information content (AvgIpc) is 3.03. The van der Waals surface area contributed by atoms with Crippen LogP contribution in [0.15, 0.2) is 46.0 Å². The summed E-state index contributed by atoms with van der Waals surface area (Å²) in [5.74, 6) is 1.39. The summed E-state index contributed by atoms with van der Waals surface area (Å²) in [6.07, 6.45) is 1.68.